The lowest BCUT2D eigenvalue weighted by Gasteiger charge is -2.19. The molecule has 1 aliphatic heterocycles. The Morgan fingerprint density at radius 2 is 1.70 bits per heavy atom. The first kappa shape index (κ1) is 17.3. The number of benzene rings is 2. The lowest BCUT2D eigenvalue weighted by molar-refractivity contribution is 0.892. The quantitative estimate of drug-likeness (QED) is 0.704. The van der Waals surface area contributed by atoms with Gasteiger partial charge in [0.15, 0.2) is 0 Å². The van der Waals surface area contributed by atoms with Gasteiger partial charge in [0.1, 0.15) is 18.0 Å². The summed E-state index contributed by atoms with van der Waals surface area (Å²) in [4.78, 5) is 13.3. The lowest BCUT2D eigenvalue weighted by atomic mass is 10.2. The normalized spacial score (nSPS) is 13.6. The van der Waals surface area contributed by atoms with Crippen LogP contribution in [0.15, 0.2) is 67.0 Å². The molecule has 0 unspecified atom stereocenters. The van der Waals surface area contributed by atoms with Crippen LogP contribution in [0.3, 0.4) is 0 Å². The van der Waals surface area contributed by atoms with Crippen molar-refractivity contribution in [2.24, 2.45) is 0 Å². The van der Waals surface area contributed by atoms with E-state index in [1.54, 1.807) is 6.33 Å². The van der Waals surface area contributed by atoms with Crippen LogP contribution in [0, 0.1) is 0 Å². The number of anilines is 4. The molecule has 2 heterocycles. The highest BCUT2D eigenvalue weighted by atomic mass is 15.2. The molecule has 4 rings (SSSR count). The van der Waals surface area contributed by atoms with Crippen molar-refractivity contribution in [2.75, 3.05) is 35.3 Å². The first-order valence-corrected chi connectivity index (χ1v) is 9.47. The van der Waals surface area contributed by atoms with E-state index in [1.807, 2.05) is 19.2 Å². The van der Waals surface area contributed by atoms with Gasteiger partial charge in [-0.25, -0.2) is 9.97 Å². The minimum absolute atomic E-state index is 0.800. The summed E-state index contributed by atoms with van der Waals surface area (Å²) in [5.74, 6) is 1.69. The van der Waals surface area contributed by atoms with Crippen LogP contribution in [-0.4, -0.2) is 30.1 Å². The Morgan fingerprint density at radius 1 is 0.963 bits per heavy atom. The van der Waals surface area contributed by atoms with E-state index in [2.05, 4.69) is 73.6 Å². The van der Waals surface area contributed by atoms with Crippen LogP contribution in [0.4, 0.5) is 23.0 Å². The molecular weight excluding hydrogens is 334 g/mol. The molecule has 0 atom stereocenters. The third-order valence-electron chi connectivity index (χ3n) is 4.92. The average Bonchev–Trinajstić information content (AvgIpc) is 3.24. The van der Waals surface area contributed by atoms with Gasteiger partial charge in [-0.2, -0.15) is 0 Å². The van der Waals surface area contributed by atoms with Crippen LogP contribution < -0.4 is 15.1 Å². The van der Waals surface area contributed by atoms with E-state index >= 15 is 0 Å². The Labute approximate surface area is 160 Å². The van der Waals surface area contributed by atoms with Gasteiger partial charge in [0.05, 0.1) is 0 Å². The summed E-state index contributed by atoms with van der Waals surface area (Å²) in [6.07, 6.45) is 4.19. The van der Waals surface area contributed by atoms with Crippen LogP contribution in [-0.2, 0) is 6.54 Å². The van der Waals surface area contributed by atoms with Gasteiger partial charge >= 0.3 is 0 Å². The third kappa shape index (κ3) is 4.37. The van der Waals surface area contributed by atoms with Crippen molar-refractivity contribution in [3.8, 4) is 0 Å². The maximum Gasteiger partial charge on any atom is 0.135 e. The number of aromatic nitrogens is 2. The standard InChI is InChI=1S/C22H25N5/c1-26(16-18-7-3-2-4-8-18)22-15-21(23-17-24-22)25-19-9-11-20(12-10-19)27-13-5-6-14-27/h2-4,7-12,15,17H,5-6,13-14,16H2,1H3,(H,23,24,25). The summed E-state index contributed by atoms with van der Waals surface area (Å²) < 4.78 is 0. The molecule has 0 amide bonds. The second-order valence-corrected chi connectivity index (χ2v) is 6.97. The van der Waals surface area contributed by atoms with E-state index in [1.165, 1.54) is 24.1 Å². The first-order chi connectivity index (χ1) is 13.3. The predicted octanol–water partition coefficient (Wildman–Crippen LogP) is 4.46. The third-order valence-corrected chi connectivity index (χ3v) is 4.92. The van der Waals surface area contributed by atoms with Crippen LogP contribution in [0.5, 0.6) is 0 Å². The molecule has 138 valence electrons. The fraction of sp³-hybridized carbons (Fsp3) is 0.273. The molecule has 0 saturated carbocycles. The smallest absolute Gasteiger partial charge is 0.135 e. The van der Waals surface area contributed by atoms with Crippen molar-refractivity contribution < 1.29 is 0 Å². The fourth-order valence-electron chi connectivity index (χ4n) is 3.44. The number of hydrogen-bond donors (Lipinski definition) is 1. The second kappa shape index (κ2) is 8.08. The number of rotatable bonds is 6. The molecule has 0 spiro atoms. The van der Waals surface area contributed by atoms with Gasteiger partial charge in [-0.05, 0) is 42.7 Å². The van der Waals surface area contributed by atoms with Crippen LogP contribution in [0.1, 0.15) is 18.4 Å². The summed E-state index contributed by atoms with van der Waals surface area (Å²) in [5, 5.41) is 3.38. The highest BCUT2D eigenvalue weighted by Gasteiger charge is 2.12. The van der Waals surface area contributed by atoms with E-state index in [9.17, 15) is 0 Å². The molecule has 1 fully saturated rings. The Balaban J connectivity index is 1.43. The molecule has 0 radical (unpaired) electrons. The molecule has 2 aromatic carbocycles. The first-order valence-electron chi connectivity index (χ1n) is 9.47. The molecule has 5 nitrogen and oxygen atoms in total. The highest BCUT2D eigenvalue weighted by molar-refractivity contribution is 5.62. The maximum atomic E-state index is 4.41. The van der Waals surface area contributed by atoms with Crippen molar-refractivity contribution in [3.05, 3.63) is 72.6 Å². The van der Waals surface area contributed by atoms with Crippen molar-refractivity contribution in [2.45, 2.75) is 19.4 Å². The zero-order valence-corrected chi connectivity index (χ0v) is 15.7. The van der Waals surface area contributed by atoms with Crippen LogP contribution in [0.2, 0.25) is 0 Å². The minimum Gasteiger partial charge on any atom is -0.372 e. The van der Waals surface area contributed by atoms with Crippen molar-refractivity contribution in [1.29, 1.82) is 0 Å². The van der Waals surface area contributed by atoms with Gasteiger partial charge in [-0.3, -0.25) is 0 Å². The lowest BCUT2D eigenvalue weighted by Crippen LogP contribution is -2.18. The molecule has 27 heavy (non-hydrogen) atoms. The number of nitrogens with one attached hydrogen (secondary N) is 1. The molecule has 0 aliphatic carbocycles. The Kier molecular flexibility index (Phi) is 5.19. The van der Waals surface area contributed by atoms with Gasteiger partial charge in [0.2, 0.25) is 0 Å². The predicted molar refractivity (Wildman–Crippen MR) is 112 cm³/mol. The van der Waals surface area contributed by atoms with E-state index < -0.39 is 0 Å². The molecule has 1 aliphatic rings. The zero-order chi connectivity index (χ0) is 18.5. The number of hydrogen-bond acceptors (Lipinski definition) is 5. The van der Waals surface area contributed by atoms with E-state index in [0.29, 0.717) is 0 Å². The molecule has 0 bridgehead atoms. The molecule has 1 aromatic heterocycles. The topological polar surface area (TPSA) is 44.3 Å². The fourth-order valence-corrected chi connectivity index (χ4v) is 3.44. The SMILES string of the molecule is CN(Cc1ccccc1)c1cc(Nc2ccc(N3CCCC3)cc2)ncn1. The summed E-state index contributed by atoms with van der Waals surface area (Å²) >= 11 is 0. The van der Waals surface area contributed by atoms with Gasteiger partial charge in [0, 0.05) is 44.1 Å². The molecule has 1 saturated heterocycles. The maximum absolute atomic E-state index is 4.41. The van der Waals surface area contributed by atoms with Crippen molar-refractivity contribution in [1.82, 2.24) is 9.97 Å². The minimum atomic E-state index is 0.800. The van der Waals surface area contributed by atoms with Crippen molar-refractivity contribution in [3.63, 3.8) is 0 Å². The van der Waals surface area contributed by atoms with Gasteiger partial charge < -0.3 is 15.1 Å². The van der Waals surface area contributed by atoms with Crippen molar-refractivity contribution >= 4 is 23.0 Å². The molecule has 5 heteroatoms. The Morgan fingerprint density at radius 3 is 2.44 bits per heavy atom. The largest absolute Gasteiger partial charge is 0.372 e. The summed E-state index contributed by atoms with van der Waals surface area (Å²) in [5.41, 5.74) is 3.59. The zero-order valence-electron chi connectivity index (χ0n) is 15.7. The molecule has 1 N–H and O–H groups in total. The molecular formula is C22H25N5. The summed E-state index contributed by atoms with van der Waals surface area (Å²) in [6.45, 7) is 3.13. The van der Waals surface area contributed by atoms with Gasteiger partial charge in [-0.1, -0.05) is 30.3 Å². The van der Waals surface area contributed by atoms with Crippen LogP contribution in [0.25, 0.3) is 0 Å². The summed E-state index contributed by atoms with van der Waals surface area (Å²) in [7, 11) is 2.05. The molecule has 3 aromatic rings. The average molecular weight is 359 g/mol. The highest BCUT2D eigenvalue weighted by Crippen LogP contribution is 2.24. The monoisotopic (exact) mass is 359 g/mol. The Bertz CT molecular complexity index is 857. The summed E-state index contributed by atoms with van der Waals surface area (Å²) in [6, 6.07) is 21.0. The second-order valence-electron chi connectivity index (χ2n) is 6.97. The van der Waals surface area contributed by atoms with Gasteiger partial charge in [0.25, 0.3) is 0 Å². The van der Waals surface area contributed by atoms with E-state index in [-0.39, 0.29) is 0 Å². The van der Waals surface area contributed by atoms with Gasteiger partial charge in [-0.15, -0.1) is 0 Å². The number of nitrogens with zero attached hydrogens (tertiary/aromatic N) is 4. The van der Waals surface area contributed by atoms with E-state index in [4.69, 9.17) is 0 Å². The van der Waals surface area contributed by atoms with Crippen LogP contribution >= 0.6 is 0 Å². The van der Waals surface area contributed by atoms with E-state index in [0.717, 1.165) is 37.0 Å². The Hall–Kier alpha value is -3.08.